The number of benzene rings is 1. The van der Waals surface area contributed by atoms with Gasteiger partial charge in [0.05, 0.1) is 10.7 Å². The Morgan fingerprint density at radius 2 is 1.74 bits per heavy atom. The van der Waals surface area contributed by atoms with Crippen molar-refractivity contribution in [1.82, 2.24) is 24.5 Å². The molecule has 1 aromatic carbocycles. The molecule has 1 aliphatic rings. The van der Waals surface area contributed by atoms with Gasteiger partial charge in [-0.05, 0) is 78.5 Å². The molecule has 4 aromatic rings. The Kier molecular flexibility index (Phi) is 13.9. The highest BCUT2D eigenvalue weighted by atomic mass is 32.1. The Morgan fingerprint density at radius 1 is 1.14 bits per heavy atom. The average molecular weight is 607 g/mol. The molecular weight excluding hydrogens is 556 g/mol. The molecule has 0 atom stereocenters. The van der Waals surface area contributed by atoms with E-state index < -0.39 is 5.60 Å². The molecule has 8 nitrogen and oxygen atoms in total. The maximum absolute atomic E-state index is 12.2. The first-order valence-corrected chi connectivity index (χ1v) is 15.9. The largest absolute Gasteiger partial charge is 0.444 e. The number of likely N-dealkylation sites (tertiary alicyclic amines) is 1. The highest BCUT2D eigenvalue weighted by molar-refractivity contribution is 7.11. The van der Waals surface area contributed by atoms with Gasteiger partial charge in [0, 0.05) is 36.0 Å². The van der Waals surface area contributed by atoms with Gasteiger partial charge in [0.25, 0.3) is 0 Å². The summed E-state index contributed by atoms with van der Waals surface area (Å²) < 4.78 is 7.35. The third-order valence-electron chi connectivity index (χ3n) is 6.64. The Bertz CT molecular complexity index is 1410. The number of nitrogens with zero attached hydrogens (tertiary/aromatic N) is 5. The summed E-state index contributed by atoms with van der Waals surface area (Å²) in [5, 5.41) is 5.58. The van der Waals surface area contributed by atoms with E-state index in [1.54, 1.807) is 22.3 Å². The van der Waals surface area contributed by atoms with Gasteiger partial charge in [-0.3, -0.25) is 0 Å². The number of allylic oxidation sites excluding steroid dienone is 1. The number of thiazole rings is 1. The second-order valence-electron chi connectivity index (χ2n) is 11.2. The molecule has 0 aliphatic carbocycles. The quantitative estimate of drug-likeness (QED) is 0.236. The maximum Gasteiger partial charge on any atom is 0.410 e. The van der Waals surface area contributed by atoms with Crippen molar-refractivity contribution in [1.29, 1.82) is 0 Å². The SMILES string of the molecule is C=CC.CC.Cc1cc(C2CCN(C(=O)OC(C)(C)C)CC2)n2ncnc(N)c12.Cc1nc(Cc2ccccc2)sc1C. The van der Waals surface area contributed by atoms with Crippen LogP contribution in [-0.4, -0.2) is 49.3 Å². The third kappa shape index (κ3) is 10.5. The zero-order valence-electron chi connectivity index (χ0n) is 27.5. The van der Waals surface area contributed by atoms with Gasteiger partial charge >= 0.3 is 6.09 Å². The lowest BCUT2D eigenvalue weighted by molar-refractivity contribution is 0.0203. The molecule has 9 heteroatoms. The second kappa shape index (κ2) is 16.8. The van der Waals surface area contributed by atoms with Crippen LogP contribution in [0.1, 0.15) is 92.7 Å². The van der Waals surface area contributed by atoms with Crippen molar-refractivity contribution >= 4 is 28.8 Å². The van der Waals surface area contributed by atoms with Gasteiger partial charge in [-0.1, -0.05) is 50.3 Å². The fraction of sp³-hybridized carbons (Fsp3) is 0.471. The molecule has 1 aliphatic heterocycles. The summed E-state index contributed by atoms with van der Waals surface area (Å²) in [5.41, 5.74) is 11.1. The van der Waals surface area contributed by atoms with Gasteiger partial charge in [-0.15, -0.1) is 17.9 Å². The van der Waals surface area contributed by atoms with Gasteiger partial charge in [-0.2, -0.15) is 5.10 Å². The van der Waals surface area contributed by atoms with Crippen molar-refractivity contribution in [3.05, 3.63) is 87.8 Å². The summed E-state index contributed by atoms with van der Waals surface area (Å²) in [5.74, 6) is 0.846. The van der Waals surface area contributed by atoms with Crippen LogP contribution in [0.15, 0.2) is 55.4 Å². The Morgan fingerprint density at radius 3 is 2.28 bits per heavy atom. The Balaban J connectivity index is 0.000000287. The molecule has 0 radical (unpaired) electrons. The van der Waals surface area contributed by atoms with E-state index in [4.69, 9.17) is 10.5 Å². The summed E-state index contributed by atoms with van der Waals surface area (Å²) in [6, 6.07) is 12.6. The van der Waals surface area contributed by atoms with Crippen molar-refractivity contribution in [2.24, 2.45) is 0 Å². The summed E-state index contributed by atoms with van der Waals surface area (Å²) in [6.07, 6.45) is 5.73. The van der Waals surface area contributed by atoms with Crippen LogP contribution in [0.3, 0.4) is 0 Å². The van der Waals surface area contributed by atoms with Crippen LogP contribution in [0, 0.1) is 20.8 Å². The molecule has 234 valence electrons. The standard InChI is InChI=1S/C17H25N5O2.C12H13NS.C3H6.C2H6/c1-11-9-13(22-14(11)15(18)19-10-20-22)12-5-7-21(8-6-12)16(23)24-17(2,3)4;1-9-10(2)14-12(13-9)8-11-6-4-3-5-7-11;1-3-2;1-2/h9-10,12H,5-8H2,1-4H3,(H2,18,19,20);3-7H,8H2,1-2H3;3H,1H2,2H3;1-2H3. The summed E-state index contributed by atoms with van der Waals surface area (Å²) in [6.45, 7) is 22.5. The maximum atomic E-state index is 12.2. The van der Waals surface area contributed by atoms with Gasteiger partial charge in [0.2, 0.25) is 0 Å². The zero-order chi connectivity index (χ0) is 32.2. The van der Waals surface area contributed by atoms with Gasteiger partial charge in [0.15, 0.2) is 5.82 Å². The number of fused-ring (bicyclic) bond motifs is 1. The monoisotopic (exact) mass is 606 g/mol. The number of ether oxygens (including phenoxy) is 1. The number of nitrogens with two attached hydrogens (primary N) is 1. The molecule has 43 heavy (non-hydrogen) atoms. The van der Waals surface area contributed by atoms with Crippen LogP contribution in [0.5, 0.6) is 0 Å². The van der Waals surface area contributed by atoms with Crippen LogP contribution in [-0.2, 0) is 11.2 Å². The molecular formula is C34H50N6O2S. The topological polar surface area (TPSA) is 98.6 Å². The first-order valence-electron chi connectivity index (χ1n) is 15.0. The van der Waals surface area contributed by atoms with E-state index in [1.165, 1.54) is 27.5 Å². The van der Waals surface area contributed by atoms with Gasteiger partial charge in [-0.25, -0.2) is 19.3 Å². The van der Waals surface area contributed by atoms with Crippen LogP contribution in [0.25, 0.3) is 5.52 Å². The molecule has 1 amide bonds. The van der Waals surface area contributed by atoms with Crippen molar-refractivity contribution in [2.45, 2.75) is 93.1 Å². The number of amides is 1. The number of anilines is 1. The molecule has 5 rings (SSSR count). The van der Waals surface area contributed by atoms with Crippen LogP contribution in [0.4, 0.5) is 10.6 Å². The number of hydrogen-bond donors (Lipinski definition) is 1. The molecule has 3 aromatic heterocycles. The minimum atomic E-state index is -0.461. The number of carbonyl (C=O) groups excluding carboxylic acids is 1. The molecule has 1 saturated heterocycles. The third-order valence-corrected chi connectivity index (χ3v) is 7.71. The van der Waals surface area contributed by atoms with Crippen molar-refractivity contribution in [3.63, 3.8) is 0 Å². The first kappa shape index (κ1) is 35.5. The number of aromatic nitrogens is 4. The van der Waals surface area contributed by atoms with E-state index in [-0.39, 0.29) is 6.09 Å². The van der Waals surface area contributed by atoms with Crippen molar-refractivity contribution in [3.8, 4) is 0 Å². The number of carbonyl (C=O) groups is 1. The van der Waals surface area contributed by atoms with Gasteiger partial charge < -0.3 is 15.4 Å². The molecule has 0 bridgehead atoms. The lowest BCUT2D eigenvalue weighted by Crippen LogP contribution is -2.41. The van der Waals surface area contributed by atoms with E-state index in [9.17, 15) is 4.79 Å². The molecule has 4 heterocycles. The van der Waals surface area contributed by atoms with E-state index in [1.807, 2.05) is 59.0 Å². The fourth-order valence-corrected chi connectivity index (χ4v) is 5.61. The van der Waals surface area contributed by atoms with E-state index in [0.717, 1.165) is 36.0 Å². The molecule has 0 saturated carbocycles. The number of aryl methyl sites for hydroxylation is 3. The first-order chi connectivity index (χ1) is 20.4. The van der Waals surface area contributed by atoms with E-state index in [0.29, 0.717) is 24.8 Å². The minimum Gasteiger partial charge on any atom is -0.444 e. The molecule has 2 N–H and O–H groups in total. The number of hydrogen-bond acceptors (Lipinski definition) is 7. The van der Waals surface area contributed by atoms with Crippen LogP contribution < -0.4 is 5.73 Å². The van der Waals surface area contributed by atoms with Crippen molar-refractivity contribution < 1.29 is 9.53 Å². The minimum absolute atomic E-state index is 0.233. The van der Waals surface area contributed by atoms with Crippen molar-refractivity contribution in [2.75, 3.05) is 18.8 Å². The number of piperidine rings is 1. The summed E-state index contributed by atoms with van der Waals surface area (Å²) >= 11 is 1.80. The van der Waals surface area contributed by atoms with Crippen LogP contribution >= 0.6 is 11.3 Å². The predicted octanol–water partition coefficient (Wildman–Crippen LogP) is 8.30. The Hall–Kier alpha value is -3.72. The highest BCUT2D eigenvalue weighted by Gasteiger charge is 2.29. The highest BCUT2D eigenvalue weighted by Crippen LogP contribution is 2.32. The summed E-state index contributed by atoms with van der Waals surface area (Å²) in [7, 11) is 0. The lowest BCUT2D eigenvalue weighted by atomic mass is 9.93. The average Bonchev–Trinajstić information content (AvgIpc) is 3.48. The molecule has 0 spiro atoms. The number of rotatable bonds is 3. The molecule has 0 unspecified atom stereocenters. The smallest absolute Gasteiger partial charge is 0.410 e. The second-order valence-corrected chi connectivity index (χ2v) is 12.5. The molecule has 1 fully saturated rings. The predicted molar refractivity (Wildman–Crippen MR) is 180 cm³/mol. The van der Waals surface area contributed by atoms with Crippen LogP contribution in [0.2, 0.25) is 0 Å². The lowest BCUT2D eigenvalue weighted by Gasteiger charge is -2.33. The zero-order valence-corrected chi connectivity index (χ0v) is 28.3. The van der Waals surface area contributed by atoms with Gasteiger partial charge in [0.1, 0.15) is 17.4 Å². The summed E-state index contributed by atoms with van der Waals surface area (Å²) in [4.78, 5) is 23.9. The number of nitrogen functional groups attached to an aromatic ring is 1. The van der Waals surface area contributed by atoms with E-state index in [2.05, 4.69) is 65.8 Å². The van der Waals surface area contributed by atoms with E-state index >= 15 is 0 Å². The Labute approximate surface area is 262 Å². The fourth-order valence-electron chi connectivity index (χ4n) is 4.64. The normalized spacial score (nSPS) is 13.1.